The van der Waals surface area contributed by atoms with Crippen molar-refractivity contribution in [3.8, 4) is 0 Å². The van der Waals surface area contributed by atoms with Crippen molar-refractivity contribution in [2.24, 2.45) is 5.92 Å². The molecule has 1 aliphatic heterocycles. The first kappa shape index (κ1) is 15.1. The maximum atomic E-state index is 12.2. The number of thioether (sulfide) groups is 1. The van der Waals surface area contributed by atoms with Crippen LogP contribution in [0, 0.1) is 5.92 Å². The summed E-state index contributed by atoms with van der Waals surface area (Å²) < 4.78 is 1.54. The monoisotopic (exact) mass is 297 g/mol. The second-order valence-electron chi connectivity index (χ2n) is 5.10. The van der Waals surface area contributed by atoms with Crippen molar-refractivity contribution in [1.29, 1.82) is 0 Å². The summed E-state index contributed by atoms with van der Waals surface area (Å²) in [5.41, 5.74) is -0.219. The number of aliphatic hydroxyl groups excluding tert-OH is 1. The van der Waals surface area contributed by atoms with Crippen molar-refractivity contribution in [2.75, 3.05) is 12.4 Å². The lowest BCUT2D eigenvalue weighted by atomic mass is 10.0. The Bertz CT molecular complexity index is 556. The summed E-state index contributed by atoms with van der Waals surface area (Å²) in [5.74, 6) is 0.584. The minimum absolute atomic E-state index is 0.00118. The molecular weight excluding hydrogens is 278 g/mol. The molecular formula is C13H19N3O3S. The van der Waals surface area contributed by atoms with Crippen LogP contribution in [-0.2, 0) is 6.54 Å². The third-order valence-corrected chi connectivity index (χ3v) is 4.33. The van der Waals surface area contributed by atoms with Gasteiger partial charge in [-0.15, -0.1) is 0 Å². The van der Waals surface area contributed by atoms with Gasteiger partial charge < -0.3 is 10.4 Å². The maximum absolute atomic E-state index is 12.2. The van der Waals surface area contributed by atoms with Crippen LogP contribution in [0.2, 0.25) is 0 Å². The Kier molecular flexibility index (Phi) is 4.82. The number of hydrogen-bond donors (Lipinski definition) is 2. The van der Waals surface area contributed by atoms with E-state index < -0.39 is 5.91 Å². The molecule has 2 heterocycles. The van der Waals surface area contributed by atoms with E-state index in [0.717, 1.165) is 5.75 Å². The van der Waals surface area contributed by atoms with E-state index in [1.54, 1.807) is 0 Å². The highest BCUT2D eigenvalue weighted by Crippen LogP contribution is 2.20. The summed E-state index contributed by atoms with van der Waals surface area (Å²) in [6.07, 6.45) is 1.82. The number of aliphatic hydroxyl groups is 1. The van der Waals surface area contributed by atoms with Gasteiger partial charge in [0.25, 0.3) is 11.5 Å². The van der Waals surface area contributed by atoms with E-state index in [9.17, 15) is 9.59 Å². The molecule has 0 radical (unpaired) electrons. The molecule has 110 valence electrons. The fourth-order valence-electron chi connectivity index (χ4n) is 2.13. The van der Waals surface area contributed by atoms with Gasteiger partial charge in [0, 0.05) is 31.1 Å². The van der Waals surface area contributed by atoms with Crippen LogP contribution in [0.4, 0.5) is 0 Å². The number of aromatic nitrogens is 2. The van der Waals surface area contributed by atoms with E-state index in [-0.39, 0.29) is 29.7 Å². The number of hydrogen-bond acceptors (Lipinski definition) is 5. The minimum atomic E-state index is -0.415. The number of nitrogens with one attached hydrogen (secondary N) is 1. The maximum Gasteiger partial charge on any atom is 0.267 e. The summed E-state index contributed by atoms with van der Waals surface area (Å²) in [6, 6.07) is -0.153. The average Bonchev–Trinajstić information content (AvgIpc) is 2.87. The molecule has 2 N–H and O–H groups in total. The molecule has 0 aliphatic carbocycles. The zero-order valence-corrected chi connectivity index (χ0v) is 12.4. The lowest BCUT2D eigenvalue weighted by Gasteiger charge is -2.21. The number of carbonyl (C=O) groups is 1. The first-order chi connectivity index (χ1) is 9.54. The van der Waals surface area contributed by atoms with E-state index in [4.69, 9.17) is 5.11 Å². The Hall–Kier alpha value is -1.34. The SMILES string of the molecule is CC(C)C(CCO)NC(=O)c1cnc2n(c1=O)CCS2. The van der Waals surface area contributed by atoms with Gasteiger partial charge in [-0.05, 0) is 12.3 Å². The zero-order valence-electron chi connectivity index (χ0n) is 11.6. The molecule has 0 aromatic carbocycles. The third kappa shape index (κ3) is 3.04. The van der Waals surface area contributed by atoms with Gasteiger partial charge >= 0.3 is 0 Å². The van der Waals surface area contributed by atoms with Crippen LogP contribution in [0.5, 0.6) is 0 Å². The number of amides is 1. The fraction of sp³-hybridized carbons (Fsp3) is 0.615. The Morgan fingerprint density at radius 2 is 2.35 bits per heavy atom. The number of carbonyl (C=O) groups excluding carboxylic acids is 1. The van der Waals surface area contributed by atoms with Gasteiger partial charge in [0.05, 0.1) is 0 Å². The molecule has 1 aromatic rings. The first-order valence-electron chi connectivity index (χ1n) is 6.69. The zero-order chi connectivity index (χ0) is 14.7. The fourth-order valence-corrected chi connectivity index (χ4v) is 3.04. The number of nitrogens with zero attached hydrogens (tertiary/aromatic N) is 2. The van der Waals surface area contributed by atoms with Crippen molar-refractivity contribution >= 4 is 17.7 Å². The molecule has 0 fully saturated rings. The molecule has 20 heavy (non-hydrogen) atoms. The predicted molar refractivity (Wildman–Crippen MR) is 77.0 cm³/mol. The second-order valence-corrected chi connectivity index (χ2v) is 6.16. The van der Waals surface area contributed by atoms with Crippen LogP contribution in [-0.4, -0.2) is 39.0 Å². The molecule has 1 aliphatic rings. The molecule has 0 bridgehead atoms. The summed E-state index contributed by atoms with van der Waals surface area (Å²) in [7, 11) is 0. The van der Waals surface area contributed by atoms with Gasteiger partial charge in [0.15, 0.2) is 5.16 Å². The highest BCUT2D eigenvalue weighted by Gasteiger charge is 2.22. The smallest absolute Gasteiger partial charge is 0.267 e. The molecule has 1 unspecified atom stereocenters. The van der Waals surface area contributed by atoms with Gasteiger partial charge in [-0.3, -0.25) is 14.2 Å². The number of fused-ring (bicyclic) bond motifs is 1. The summed E-state index contributed by atoms with van der Waals surface area (Å²) in [5, 5.41) is 12.5. The van der Waals surface area contributed by atoms with E-state index in [1.165, 1.54) is 22.5 Å². The van der Waals surface area contributed by atoms with Crippen LogP contribution in [0.1, 0.15) is 30.6 Å². The van der Waals surface area contributed by atoms with Crippen LogP contribution >= 0.6 is 11.8 Å². The first-order valence-corrected chi connectivity index (χ1v) is 7.67. The third-order valence-electron chi connectivity index (χ3n) is 3.36. The highest BCUT2D eigenvalue weighted by atomic mass is 32.2. The molecule has 1 atom stereocenters. The lowest BCUT2D eigenvalue weighted by Crippen LogP contribution is -2.42. The summed E-state index contributed by atoms with van der Waals surface area (Å²) in [6.45, 7) is 4.52. The van der Waals surface area contributed by atoms with E-state index in [2.05, 4.69) is 10.3 Å². The molecule has 0 saturated carbocycles. The molecule has 6 nitrogen and oxygen atoms in total. The largest absolute Gasteiger partial charge is 0.396 e. The second kappa shape index (κ2) is 6.41. The Morgan fingerprint density at radius 3 is 3.00 bits per heavy atom. The van der Waals surface area contributed by atoms with E-state index in [1.807, 2.05) is 13.8 Å². The van der Waals surface area contributed by atoms with Crippen LogP contribution in [0.3, 0.4) is 0 Å². The van der Waals surface area contributed by atoms with Crippen LogP contribution < -0.4 is 10.9 Å². The van der Waals surface area contributed by atoms with Gasteiger partial charge in [-0.2, -0.15) is 0 Å². The lowest BCUT2D eigenvalue weighted by molar-refractivity contribution is 0.0913. The molecule has 1 aromatic heterocycles. The topological polar surface area (TPSA) is 84.2 Å². The van der Waals surface area contributed by atoms with Gasteiger partial charge in [-0.1, -0.05) is 25.6 Å². The molecule has 1 amide bonds. The Labute approximate surface area is 121 Å². The van der Waals surface area contributed by atoms with Crippen molar-refractivity contribution in [3.63, 3.8) is 0 Å². The molecule has 0 saturated heterocycles. The molecule has 0 spiro atoms. The predicted octanol–water partition coefficient (Wildman–Crippen LogP) is 0.486. The van der Waals surface area contributed by atoms with Gasteiger partial charge in [0.2, 0.25) is 0 Å². The Morgan fingerprint density at radius 1 is 1.60 bits per heavy atom. The quantitative estimate of drug-likeness (QED) is 0.773. The van der Waals surface area contributed by atoms with Crippen molar-refractivity contribution in [3.05, 3.63) is 22.1 Å². The molecule has 7 heteroatoms. The summed E-state index contributed by atoms with van der Waals surface area (Å²) >= 11 is 1.52. The van der Waals surface area contributed by atoms with Crippen molar-refractivity contribution in [2.45, 2.75) is 38.0 Å². The van der Waals surface area contributed by atoms with Crippen molar-refractivity contribution < 1.29 is 9.90 Å². The Balaban J connectivity index is 2.19. The van der Waals surface area contributed by atoms with Crippen molar-refractivity contribution in [1.82, 2.24) is 14.9 Å². The number of rotatable bonds is 5. The van der Waals surface area contributed by atoms with E-state index in [0.29, 0.717) is 18.1 Å². The standard InChI is InChI=1S/C13H19N3O3S/c1-8(2)10(3-5-17)15-11(18)9-7-14-13-16(12(9)19)4-6-20-13/h7-8,10,17H,3-6H2,1-2H3,(H,15,18). The minimum Gasteiger partial charge on any atom is -0.396 e. The molecule has 2 rings (SSSR count). The normalized spacial score (nSPS) is 15.2. The average molecular weight is 297 g/mol. The van der Waals surface area contributed by atoms with Crippen LogP contribution in [0.15, 0.2) is 16.1 Å². The van der Waals surface area contributed by atoms with Gasteiger partial charge in [0.1, 0.15) is 5.56 Å². The van der Waals surface area contributed by atoms with E-state index >= 15 is 0 Å². The summed E-state index contributed by atoms with van der Waals surface area (Å²) in [4.78, 5) is 28.6. The highest BCUT2D eigenvalue weighted by molar-refractivity contribution is 7.99. The van der Waals surface area contributed by atoms with Gasteiger partial charge in [-0.25, -0.2) is 4.98 Å². The van der Waals surface area contributed by atoms with Crippen LogP contribution in [0.25, 0.3) is 0 Å².